The normalized spacial score (nSPS) is 26.7. The van der Waals surface area contributed by atoms with E-state index in [1.807, 2.05) is 0 Å². The summed E-state index contributed by atoms with van der Waals surface area (Å²) in [5.41, 5.74) is 14.0. The van der Waals surface area contributed by atoms with Crippen LogP contribution in [0.5, 0.6) is 34.9 Å². The second kappa shape index (κ2) is 41.6. The highest BCUT2D eigenvalue weighted by molar-refractivity contribution is 7.49. The van der Waals surface area contributed by atoms with Crippen LogP contribution >= 0.6 is 23.5 Å². The molecular formula is C81H102F3N18O30P3. The predicted octanol–water partition coefficient (Wildman–Crippen LogP) is 9.76. The number of fused-ring (bicyclic) bond motifs is 6. The maximum absolute atomic E-state index is 16.5. The van der Waals surface area contributed by atoms with Crippen molar-refractivity contribution in [2.45, 2.75) is 211 Å². The first-order valence-electron chi connectivity index (χ1n) is 42.2. The molecule has 48 nitrogen and oxygen atoms in total. The molecular weight excluding hydrogens is 1850 g/mol. The zero-order valence-electron chi connectivity index (χ0n) is 75.5. The number of aromatic nitrogens is 12. The molecule has 6 saturated heterocycles. The van der Waals surface area contributed by atoms with Gasteiger partial charge in [-0.25, -0.2) is 70.6 Å². The number of carbonyl (C=O) groups is 6. The number of imidazole rings is 3. The highest BCUT2D eigenvalue weighted by Gasteiger charge is 2.65. The van der Waals surface area contributed by atoms with Gasteiger partial charge in [0.1, 0.15) is 72.0 Å². The van der Waals surface area contributed by atoms with E-state index >= 15 is 13.2 Å². The number of benzene rings is 3. The Morgan fingerprint density at radius 1 is 0.422 bits per heavy atom. The molecule has 6 aromatic heterocycles. The van der Waals surface area contributed by atoms with Crippen molar-refractivity contribution >= 4 is 111 Å². The van der Waals surface area contributed by atoms with E-state index in [1.165, 1.54) is 111 Å². The molecule has 54 heteroatoms. The number of nitrogens with two attached hydrogens (primary N) is 3. The molecule has 0 radical (unpaired) electrons. The average Bonchev–Trinajstić information content (AvgIpc) is 1.58. The minimum Gasteiger partial charge on any atom is -0.476 e. The summed E-state index contributed by atoms with van der Waals surface area (Å²) in [7, 11) is -9.41. The Kier molecular flexibility index (Phi) is 30.9. The molecule has 0 saturated carbocycles. The van der Waals surface area contributed by atoms with Gasteiger partial charge in [0.05, 0.1) is 98.3 Å². The predicted molar refractivity (Wildman–Crippen MR) is 462 cm³/mol. The SMILES string of the molecule is CCOc1nc(N)nc2c1ncn2[C@@H]1O[C@@H]2COP(=O)(Oc3ccc(C[C@@H](NC(=O)OC)C(=O)OC(C)C)cc3)O[C@H]2[C@@]1(C)F.CCOc1nc(N)nc2c1ncn2[C@@H]1O[C@@H]2CO[P@@](=O)(Oc3ccc(C[C@@H](NC(=O)OC)C(=O)OC(C)C)cc3)O[C@H]2[C@@]1(C)F.CCOc1nc(N)nc2c1ncn2[C@@H]1O[C@@H]2CO[P@](=O)(Oc3ccc(C[C@@H](NC(=O)OC)C(=O)OC(C)C)cc3)O[C@H]2[C@@]1(C)F. The lowest BCUT2D eigenvalue weighted by Crippen LogP contribution is -2.45. The molecule has 18 atom stereocenters. The number of amides is 3. The molecule has 3 amide bonds. The van der Waals surface area contributed by atoms with Crippen LogP contribution in [0, 0.1) is 0 Å². The van der Waals surface area contributed by atoms with E-state index in [9.17, 15) is 42.5 Å². The first-order chi connectivity index (χ1) is 64.0. The number of anilines is 3. The Hall–Kier alpha value is -12.2. The maximum Gasteiger partial charge on any atom is 0.530 e. The van der Waals surface area contributed by atoms with Crippen molar-refractivity contribution in [2.24, 2.45) is 0 Å². The van der Waals surface area contributed by atoms with Crippen LogP contribution in [-0.4, -0.2) is 246 Å². The summed E-state index contributed by atoms with van der Waals surface area (Å²) in [6.45, 7) is 19.2. The number of halogens is 3. The largest absolute Gasteiger partial charge is 0.530 e. The van der Waals surface area contributed by atoms with Crippen LogP contribution in [0.25, 0.3) is 33.5 Å². The number of nitrogens with one attached hydrogen (secondary N) is 3. The Morgan fingerprint density at radius 2 is 0.667 bits per heavy atom. The number of nitrogen functional groups attached to an aromatic ring is 3. The summed E-state index contributed by atoms with van der Waals surface area (Å²) in [5, 5.41) is 7.34. The van der Waals surface area contributed by atoms with E-state index in [2.05, 4.69) is 75.0 Å². The molecule has 3 aromatic carbocycles. The number of hydrogen-bond donors (Lipinski definition) is 6. The molecule has 1 unspecified atom stereocenters. The standard InChI is InChI=1S/3C27H34FN6O10P/c3*1-6-39-22-19-21(32-25(29)33-22)34(13-30-19)24-27(4,28)20-18(42-24)12-40-45(37,44-20)43-16-9-7-15(8-10-16)11-17(31-26(36)38-5)23(35)41-14(2)3/h3*7-10,13-14,17-18,20,24H,6,11-12H2,1-5H3,(H,31,36)(H2,29,32,33)/t17-,18-,20-,24-,27-,45?;17-,18-,20-,24-,27-,45+;17-,18-,20-,24-,27-,45-/m111/s1. The molecule has 732 valence electrons. The molecule has 6 fully saturated rings. The summed E-state index contributed by atoms with van der Waals surface area (Å²) < 4.78 is 208. The minimum atomic E-state index is -4.32. The monoisotopic (exact) mass is 1960 g/mol. The van der Waals surface area contributed by atoms with Crippen molar-refractivity contribution in [3.05, 3.63) is 108 Å². The zero-order chi connectivity index (χ0) is 97.6. The van der Waals surface area contributed by atoms with Crippen molar-refractivity contribution in [2.75, 3.05) is 78.2 Å². The highest BCUT2D eigenvalue weighted by atomic mass is 31.2. The van der Waals surface area contributed by atoms with Crippen molar-refractivity contribution < 1.29 is 153 Å². The fourth-order valence-electron chi connectivity index (χ4n) is 14.9. The van der Waals surface area contributed by atoms with Crippen molar-refractivity contribution in [3.63, 3.8) is 0 Å². The lowest BCUT2D eigenvalue weighted by molar-refractivity contribution is -0.150. The van der Waals surface area contributed by atoms with Gasteiger partial charge in [-0.1, -0.05) is 36.4 Å². The van der Waals surface area contributed by atoms with Crippen molar-refractivity contribution in [1.29, 1.82) is 0 Å². The summed E-state index contributed by atoms with van der Waals surface area (Å²) in [6, 6.07) is 15.3. The van der Waals surface area contributed by atoms with Crippen LogP contribution in [0.15, 0.2) is 91.8 Å². The molecule has 0 aliphatic carbocycles. The molecule has 9 aromatic rings. The number of esters is 3. The van der Waals surface area contributed by atoms with Gasteiger partial charge < -0.3 is 104 Å². The number of phosphoric ester groups is 3. The van der Waals surface area contributed by atoms with Gasteiger partial charge in [-0.05, 0) is 136 Å². The molecule has 0 spiro atoms. The van der Waals surface area contributed by atoms with E-state index in [4.69, 9.17) is 101 Å². The minimum absolute atomic E-state index is 0.0693. The van der Waals surface area contributed by atoms with Crippen LogP contribution in [0.3, 0.4) is 0 Å². The number of hydrogen-bond acceptors (Lipinski definition) is 42. The van der Waals surface area contributed by atoms with E-state index in [1.54, 1.807) is 98.7 Å². The summed E-state index contributed by atoms with van der Waals surface area (Å²) in [6.07, 6.45) is -10.1. The summed E-state index contributed by atoms with van der Waals surface area (Å²) in [4.78, 5) is 110. The van der Waals surface area contributed by atoms with E-state index in [0.29, 0.717) is 36.5 Å². The maximum atomic E-state index is 16.5. The molecule has 9 N–H and O–H groups in total. The topological polar surface area (TPSA) is 592 Å². The van der Waals surface area contributed by atoms with Gasteiger partial charge in [0.15, 0.2) is 69.2 Å². The van der Waals surface area contributed by atoms with Crippen LogP contribution in [-0.2, 0) is 117 Å². The molecule has 6 aliphatic heterocycles. The number of nitrogens with zero attached hydrogens (tertiary/aromatic N) is 12. The Balaban J connectivity index is 0.000000171. The van der Waals surface area contributed by atoms with Gasteiger partial charge in [-0.3, -0.25) is 40.8 Å². The van der Waals surface area contributed by atoms with Crippen LogP contribution in [0.2, 0.25) is 0 Å². The third-order valence-electron chi connectivity index (χ3n) is 20.9. The number of methoxy groups -OCH3 is 3. The van der Waals surface area contributed by atoms with Crippen molar-refractivity contribution in [1.82, 2.24) is 74.5 Å². The van der Waals surface area contributed by atoms with Gasteiger partial charge in [0, 0.05) is 19.3 Å². The molecule has 12 heterocycles. The second-order valence-corrected chi connectivity index (χ2v) is 36.8. The number of carbonyl (C=O) groups excluding carboxylic acids is 6. The van der Waals surface area contributed by atoms with Gasteiger partial charge >= 0.3 is 59.7 Å². The second-order valence-electron chi connectivity index (χ2n) is 32.1. The molecule has 0 bridgehead atoms. The Morgan fingerprint density at radius 3 is 0.889 bits per heavy atom. The number of rotatable bonds is 30. The van der Waals surface area contributed by atoms with E-state index in [0.717, 1.165) is 0 Å². The number of phosphoric acid groups is 3. The van der Waals surface area contributed by atoms with Crippen LogP contribution < -0.4 is 60.9 Å². The van der Waals surface area contributed by atoms with Crippen molar-refractivity contribution in [3.8, 4) is 34.9 Å². The third kappa shape index (κ3) is 23.0. The highest BCUT2D eigenvalue weighted by Crippen LogP contribution is 2.63. The van der Waals surface area contributed by atoms with Gasteiger partial charge in [0.25, 0.3) is 0 Å². The first-order valence-corrected chi connectivity index (χ1v) is 46.6. The number of alkyl halides is 3. The molecule has 6 aliphatic rings. The van der Waals surface area contributed by atoms with Gasteiger partial charge in [-0.2, -0.15) is 29.9 Å². The summed E-state index contributed by atoms with van der Waals surface area (Å²) >= 11 is 0. The van der Waals surface area contributed by atoms with Crippen LogP contribution in [0.1, 0.15) is 118 Å². The fourth-order valence-corrected chi connectivity index (χ4v) is 19.4. The average molecular weight is 1960 g/mol. The van der Waals surface area contributed by atoms with E-state index in [-0.39, 0.29) is 125 Å². The molecule has 15 rings (SSSR count). The Labute approximate surface area is 768 Å². The first kappa shape index (κ1) is 100. The Bertz CT molecular complexity index is 5370. The zero-order valence-corrected chi connectivity index (χ0v) is 78.2. The van der Waals surface area contributed by atoms with Gasteiger partial charge in [0.2, 0.25) is 35.5 Å². The lowest BCUT2D eigenvalue weighted by Gasteiger charge is -2.33. The smallest absolute Gasteiger partial charge is 0.476 e. The van der Waals surface area contributed by atoms with E-state index < -0.39 is 168 Å². The quantitative estimate of drug-likeness (QED) is 0.0138. The number of alkyl carbamates (subject to hydrolysis) is 3. The lowest BCUT2D eigenvalue weighted by atomic mass is 9.98. The van der Waals surface area contributed by atoms with Crippen LogP contribution in [0.4, 0.5) is 45.4 Å². The molecule has 135 heavy (non-hydrogen) atoms. The number of ether oxygens (including phenoxy) is 12. The third-order valence-corrected chi connectivity index (χ3v) is 25.0. The summed E-state index contributed by atoms with van der Waals surface area (Å²) in [5.74, 6) is -1.51. The fraction of sp³-hybridized carbons (Fsp3) is 0.519. The van der Waals surface area contributed by atoms with Gasteiger partial charge in [-0.15, -0.1) is 0 Å².